The number of amides is 1. The summed E-state index contributed by atoms with van der Waals surface area (Å²) in [4.78, 5) is 16.2. The molecule has 0 spiro atoms. The molecule has 2 heterocycles. The summed E-state index contributed by atoms with van der Waals surface area (Å²) < 4.78 is 0. The number of nitrogens with zero attached hydrogens (tertiary/aromatic N) is 1. The SMILES string of the molecule is O=C(Nc1cccnc1Cl)c1ccc2c(c1)CCCN2. The van der Waals surface area contributed by atoms with Crippen LogP contribution in [0.1, 0.15) is 22.3 Å². The Balaban J connectivity index is 1.82. The summed E-state index contributed by atoms with van der Waals surface area (Å²) in [6, 6.07) is 9.16. The Morgan fingerprint density at radius 1 is 1.35 bits per heavy atom. The number of carbonyl (C=O) groups is 1. The van der Waals surface area contributed by atoms with E-state index in [9.17, 15) is 4.79 Å². The molecule has 5 heteroatoms. The van der Waals surface area contributed by atoms with E-state index in [1.54, 1.807) is 18.3 Å². The highest BCUT2D eigenvalue weighted by atomic mass is 35.5. The molecule has 102 valence electrons. The van der Waals surface area contributed by atoms with Gasteiger partial charge in [-0.2, -0.15) is 0 Å². The molecule has 0 unspecified atom stereocenters. The van der Waals surface area contributed by atoms with Gasteiger partial charge in [-0.25, -0.2) is 4.98 Å². The predicted molar refractivity (Wildman–Crippen MR) is 80.5 cm³/mol. The first kappa shape index (κ1) is 12.9. The van der Waals surface area contributed by atoms with Crippen LogP contribution >= 0.6 is 11.6 Å². The lowest BCUT2D eigenvalue weighted by Crippen LogP contribution is -2.16. The van der Waals surface area contributed by atoms with E-state index in [0.717, 1.165) is 25.1 Å². The normalized spacial score (nSPS) is 13.2. The van der Waals surface area contributed by atoms with Crippen LogP contribution in [0.25, 0.3) is 0 Å². The molecule has 0 saturated heterocycles. The standard InChI is InChI=1S/C15H14ClN3O/c16-14-13(4-2-8-18-14)19-15(20)11-5-6-12-10(9-11)3-1-7-17-12/h2,4-6,8-9,17H,1,3,7H2,(H,19,20). The lowest BCUT2D eigenvalue weighted by atomic mass is 10.0. The monoisotopic (exact) mass is 287 g/mol. The number of hydrogen-bond acceptors (Lipinski definition) is 3. The van der Waals surface area contributed by atoms with Crippen LogP contribution in [0.4, 0.5) is 11.4 Å². The molecule has 1 aromatic carbocycles. The van der Waals surface area contributed by atoms with Gasteiger partial charge in [-0.05, 0) is 48.7 Å². The van der Waals surface area contributed by atoms with Gasteiger partial charge in [0.1, 0.15) is 0 Å². The van der Waals surface area contributed by atoms with Crippen molar-refractivity contribution in [3.05, 3.63) is 52.8 Å². The maximum atomic E-state index is 12.2. The molecule has 0 fully saturated rings. The highest BCUT2D eigenvalue weighted by molar-refractivity contribution is 6.32. The summed E-state index contributed by atoms with van der Waals surface area (Å²) in [6.07, 6.45) is 3.67. The zero-order chi connectivity index (χ0) is 13.9. The number of nitrogens with one attached hydrogen (secondary N) is 2. The van der Waals surface area contributed by atoms with Gasteiger partial charge in [0.2, 0.25) is 0 Å². The van der Waals surface area contributed by atoms with Crippen LogP contribution in [0.3, 0.4) is 0 Å². The number of hydrogen-bond donors (Lipinski definition) is 2. The number of anilines is 2. The minimum absolute atomic E-state index is 0.173. The Morgan fingerprint density at radius 3 is 3.10 bits per heavy atom. The molecule has 1 aliphatic rings. The highest BCUT2D eigenvalue weighted by Gasteiger charge is 2.13. The van der Waals surface area contributed by atoms with Crippen molar-refractivity contribution in [1.82, 2.24) is 4.98 Å². The second-order valence-electron chi connectivity index (χ2n) is 4.70. The van der Waals surface area contributed by atoms with Crippen molar-refractivity contribution in [2.45, 2.75) is 12.8 Å². The molecular formula is C15H14ClN3O. The maximum Gasteiger partial charge on any atom is 0.255 e. The third-order valence-corrected chi connectivity index (χ3v) is 3.61. The summed E-state index contributed by atoms with van der Waals surface area (Å²) >= 11 is 5.94. The van der Waals surface area contributed by atoms with Crippen molar-refractivity contribution >= 4 is 28.9 Å². The summed E-state index contributed by atoms with van der Waals surface area (Å²) in [6.45, 7) is 0.990. The van der Waals surface area contributed by atoms with Crippen molar-refractivity contribution in [2.75, 3.05) is 17.2 Å². The molecular weight excluding hydrogens is 274 g/mol. The average molecular weight is 288 g/mol. The number of pyridine rings is 1. The highest BCUT2D eigenvalue weighted by Crippen LogP contribution is 2.24. The van der Waals surface area contributed by atoms with Gasteiger partial charge in [0.15, 0.2) is 5.15 Å². The quantitative estimate of drug-likeness (QED) is 0.833. The van der Waals surface area contributed by atoms with Gasteiger partial charge in [-0.1, -0.05) is 11.6 Å². The lowest BCUT2D eigenvalue weighted by molar-refractivity contribution is 0.102. The minimum Gasteiger partial charge on any atom is -0.385 e. The number of carbonyl (C=O) groups excluding carboxylic acids is 1. The van der Waals surface area contributed by atoms with E-state index in [-0.39, 0.29) is 5.91 Å². The van der Waals surface area contributed by atoms with Gasteiger partial charge in [0.05, 0.1) is 5.69 Å². The van der Waals surface area contributed by atoms with E-state index < -0.39 is 0 Å². The van der Waals surface area contributed by atoms with E-state index >= 15 is 0 Å². The van der Waals surface area contributed by atoms with Crippen LogP contribution in [0.2, 0.25) is 5.15 Å². The van der Waals surface area contributed by atoms with Crippen molar-refractivity contribution < 1.29 is 4.79 Å². The Labute approximate surface area is 122 Å². The number of aromatic nitrogens is 1. The van der Waals surface area contributed by atoms with E-state index in [2.05, 4.69) is 15.6 Å². The molecule has 4 nitrogen and oxygen atoms in total. The number of halogens is 1. The van der Waals surface area contributed by atoms with Gasteiger partial charge in [-0.3, -0.25) is 4.79 Å². The van der Waals surface area contributed by atoms with Gasteiger partial charge >= 0.3 is 0 Å². The predicted octanol–water partition coefficient (Wildman–Crippen LogP) is 3.35. The van der Waals surface area contributed by atoms with E-state index in [0.29, 0.717) is 16.4 Å². The number of aryl methyl sites for hydroxylation is 1. The molecule has 0 radical (unpaired) electrons. The molecule has 0 bridgehead atoms. The first-order valence-corrected chi connectivity index (χ1v) is 6.90. The Morgan fingerprint density at radius 2 is 2.25 bits per heavy atom. The van der Waals surface area contributed by atoms with Crippen LogP contribution in [0.5, 0.6) is 0 Å². The van der Waals surface area contributed by atoms with Crippen LogP contribution in [0, 0.1) is 0 Å². The van der Waals surface area contributed by atoms with Crippen LogP contribution in [0.15, 0.2) is 36.5 Å². The number of benzene rings is 1. The van der Waals surface area contributed by atoms with Crippen molar-refractivity contribution in [2.24, 2.45) is 0 Å². The van der Waals surface area contributed by atoms with Crippen molar-refractivity contribution in [3.63, 3.8) is 0 Å². The largest absolute Gasteiger partial charge is 0.385 e. The van der Waals surface area contributed by atoms with Gasteiger partial charge in [-0.15, -0.1) is 0 Å². The van der Waals surface area contributed by atoms with Gasteiger partial charge in [0, 0.05) is 24.0 Å². The molecule has 3 rings (SSSR count). The Kier molecular flexibility index (Phi) is 3.56. The molecule has 0 saturated carbocycles. The second-order valence-corrected chi connectivity index (χ2v) is 5.06. The molecule has 0 atom stereocenters. The first-order chi connectivity index (χ1) is 9.74. The lowest BCUT2D eigenvalue weighted by Gasteiger charge is -2.18. The molecule has 1 aromatic heterocycles. The Hall–Kier alpha value is -2.07. The average Bonchev–Trinajstić information content (AvgIpc) is 2.49. The first-order valence-electron chi connectivity index (χ1n) is 6.53. The molecule has 1 amide bonds. The third-order valence-electron chi connectivity index (χ3n) is 3.31. The van der Waals surface area contributed by atoms with E-state index in [1.807, 2.05) is 18.2 Å². The van der Waals surface area contributed by atoms with E-state index in [1.165, 1.54) is 5.56 Å². The Bertz CT molecular complexity index is 657. The zero-order valence-electron chi connectivity index (χ0n) is 10.8. The maximum absolute atomic E-state index is 12.2. The fourth-order valence-corrected chi connectivity index (χ4v) is 2.46. The van der Waals surface area contributed by atoms with Crippen LogP contribution in [-0.4, -0.2) is 17.4 Å². The van der Waals surface area contributed by atoms with Crippen LogP contribution in [-0.2, 0) is 6.42 Å². The fourth-order valence-electron chi connectivity index (χ4n) is 2.29. The smallest absolute Gasteiger partial charge is 0.255 e. The fraction of sp³-hybridized carbons (Fsp3) is 0.200. The van der Waals surface area contributed by atoms with Gasteiger partial charge in [0.25, 0.3) is 5.91 Å². The summed E-state index contributed by atoms with van der Waals surface area (Å²) in [7, 11) is 0. The molecule has 2 N–H and O–H groups in total. The topological polar surface area (TPSA) is 54.0 Å². The molecule has 1 aliphatic heterocycles. The molecule has 0 aliphatic carbocycles. The number of rotatable bonds is 2. The van der Waals surface area contributed by atoms with Gasteiger partial charge < -0.3 is 10.6 Å². The third kappa shape index (κ3) is 2.60. The number of fused-ring (bicyclic) bond motifs is 1. The second kappa shape index (κ2) is 5.51. The van der Waals surface area contributed by atoms with E-state index in [4.69, 9.17) is 11.6 Å². The minimum atomic E-state index is -0.173. The van der Waals surface area contributed by atoms with Crippen molar-refractivity contribution in [3.8, 4) is 0 Å². The molecule has 20 heavy (non-hydrogen) atoms. The summed E-state index contributed by atoms with van der Waals surface area (Å²) in [5.74, 6) is -0.173. The van der Waals surface area contributed by atoms with Crippen LogP contribution < -0.4 is 10.6 Å². The summed E-state index contributed by atoms with van der Waals surface area (Å²) in [5.41, 5.74) is 3.45. The zero-order valence-corrected chi connectivity index (χ0v) is 11.6. The summed E-state index contributed by atoms with van der Waals surface area (Å²) in [5, 5.41) is 6.40. The molecule has 2 aromatic rings. The van der Waals surface area contributed by atoms with Crippen molar-refractivity contribution in [1.29, 1.82) is 0 Å².